The van der Waals surface area contributed by atoms with Gasteiger partial charge in [-0.05, 0) is 24.5 Å². The van der Waals surface area contributed by atoms with E-state index in [0.29, 0.717) is 0 Å². The fourth-order valence-electron chi connectivity index (χ4n) is 0.626. The highest BCUT2D eigenvalue weighted by Gasteiger charge is 1.83. The summed E-state index contributed by atoms with van der Waals surface area (Å²) in [6, 6.07) is 10.2. The van der Waals surface area contributed by atoms with E-state index in [1.807, 2.05) is 23.6 Å². The van der Waals surface area contributed by atoms with Gasteiger partial charge in [-0.15, -0.1) is 0 Å². The van der Waals surface area contributed by atoms with Crippen molar-refractivity contribution >= 4 is 11.8 Å². The number of hydrogen-bond donors (Lipinski definition) is 0. The minimum Gasteiger partial charge on any atom is -0.0984 e. The van der Waals surface area contributed by atoms with E-state index in [1.165, 1.54) is 4.90 Å². The molecule has 0 fully saturated rings. The third-order valence-electron chi connectivity index (χ3n) is 1.04. The number of allylic oxidation sites excluding steroid dienone is 1. The van der Waals surface area contributed by atoms with E-state index in [0.717, 1.165) is 0 Å². The third kappa shape index (κ3) is 2.28. The second kappa shape index (κ2) is 4.18. The topological polar surface area (TPSA) is 0 Å². The lowest BCUT2D eigenvalue weighted by molar-refractivity contribution is 1.47. The van der Waals surface area contributed by atoms with Gasteiger partial charge in [-0.25, -0.2) is 0 Å². The van der Waals surface area contributed by atoms with Crippen molar-refractivity contribution in [3.05, 3.63) is 48.7 Å². The summed E-state index contributed by atoms with van der Waals surface area (Å²) in [5.41, 5.74) is 0. The van der Waals surface area contributed by atoms with E-state index < -0.39 is 0 Å². The summed E-state index contributed by atoms with van der Waals surface area (Å²) in [6.07, 6.45) is 1.79. The van der Waals surface area contributed by atoms with E-state index >= 15 is 0 Å². The van der Waals surface area contributed by atoms with Crippen LogP contribution >= 0.6 is 11.8 Å². The Morgan fingerprint density at radius 3 is 2.50 bits per heavy atom. The first-order valence-corrected chi connectivity index (χ1v) is 3.97. The molecule has 0 atom stereocenters. The van der Waals surface area contributed by atoms with Gasteiger partial charge in [-0.1, -0.05) is 36.0 Å². The maximum Gasteiger partial charge on any atom is 0.0116 e. The fraction of sp³-hybridized carbons (Fsp3) is 0. The van der Waals surface area contributed by atoms with Crippen LogP contribution in [0.5, 0.6) is 0 Å². The maximum atomic E-state index is 3.60. The molecule has 0 amide bonds. The van der Waals surface area contributed by atoms with Gasteiger partial charge in [-0.2, -0.15) is 0 Å². The molecule has 0 aliphatic rings. The lowest BCUT2D eigenvalue weighted by atomic mass is 10.4. The van der Waals surface area contributed by atoms with Gasteiger partial charge in [0.1, 0.15) is 0 Å². The van der Waals surface area contributed by atoms with Gasteiger partial charge < -0.3 is 0 Å². The Morgan fingerprint density at radius 1 is 1.20 bits per heavy atom. The Kier molecular flexibility index (Phi) is 3.10. The lowest BCUT2D eigenvalue weighted by Crippen LogP contribution is -1.63. The van der Waals surface area contributed by atoms with Crippen LogP contribution < -0.4 is 0 Å². The van der Waals surface area contributed by atoms with Crippen molar-refractivity contribution < 1.29 is 0 Å². The molecule has 51 valence electrons. The molecule has 1 aromatic carbocycles. The summed E-state index contributed by atoms with van der Waals surface area (Å²) < 4.78 is 0. The molecular formula is C9H9S. The van der Waals surface area contributed by atoms with Crippen molar-refractivity contribution in [2.45, 2.75) is 4.90 Å². The molecule has 0 bridgehead atoms. The van der Waals surface area contributed by atoms with Crippen LogP contribution in [0.2, 0.25) is 0 Å². The van der Waals surface area contributed by atoms with Crippen LogP contribution in [-0.2, 0) is 0 Å². The normalized spacial score (nSPS) is 10.5. The molecule has 0 saturated heterocycles. The lowest BCUT2D eigenvalue weighted by Gasteiger charge is -1.91. The zero-order chi connectivity index (χ0) is 7.23. The van der Waals surface area contributed by atoms with Gasteiger partial charge in [-0.3, -0.25) is 0 Å². The summed E-state index contributed by atoms with van der Waals surface area (Å²) in [4.78, 5) is 1.25. The predicted molar refractivity (Wildman–Crippen MR) is 46.8 cm³/mol. The van der Waals surface area contributed by atoms with Crippen LogP contribution in [0.25, 0.3) is 0 Å². The summed E-state index contributed by atoms with van der Waals surface area (Å²) in [7, 11) is 0. The minimum absolute atomic E-state index is 1.25. The minimum atomic E-state index is 1.25. The van der Waals surface area contributed by atoms with Crippen LogP contribution in [0.15, 0.2) is 46.7 Å². The van der Waals surface area contributed by atoms with E-state index in [-0.39, 0.29) is 0 Å². The van der Waals surface area contributed by atoms with E-state index in [4.69, 9.17) is 0 Å². The summed E-state index contributed by atoms with van der Waals surface area (Å²) in [6.45, 7) is 3.60. The number of rotatable bonds is 2. The highest BCUT2D eigenvalue weighted by atomic mass is 32.2. The highest BCUT2D eigenvalue weighted by Crippen LogP contribution is 2.17. The molecule has 1 heteroatoms. The largest absolute Gasteiger partial charge is 0.0984 e. The van der Waals surface area contributed by atoms with Crippen LogP contribution in [0.3, 0.4) is 0 Å². The van der Waals surface area contributed by atoms with Crippen molar-refractivity contribution in [2.24, 2.45) is 0 Å². The molecule has 0 saturated carbocycles. The Hall–Kier alpha value is -0.690. The Balaban J connectivity index is 2.59. The van der Waals surface area contributed by atoms with Gasteiger partial charge in [0, 0.05) is 4.90 Å². The maximum absolute atomic E-state index is 3.60. The van der Waals surface area contributed by atoms with Crippen LogP contribution in [0.4, 0.5) is 0 Å². The van der Waals surface area contributed by atoms with E-state index in [2.05, 4.69) is 19.1 Å². The molecule has 0 aliphatic heterocycles. The zero-order valence-corrected chi connectivity index (χ0v) is 6.47. The second-order valence-electron chi connectivity index (χ2n) is 1.80. The second-order valence-corrected chi connectivity index (χ2v) is 2.78. The standard InChI is InChI=1S/C9H9S/c1-2-8-10-9-6-4-3-5-7-9/h2-8H,1H2/b8-2+. The first-order chi connectivity index (χ1) is 4.93. The van der Waals surface area contributed by atoms with Crippen LogP contribution in [0, 0.1) is 6.92 Å². The average Bonchev–Trinajstić information content (AvgIpc) is 2.03. The van der Waals surface area contributed by atoms with Crippen molar-refractivity contribution in [2.75, 3.05) is 0 Å². The molecule has 0 nitrogen and oxygen atoms in total. The molecular weight excluding hydrogens is 140 g/mol. The monoisotopic (exact) mass is 149 g/mol. The van der Waals surface area contributed by atoms with E-state index in [9.17, 15) is 0 Å². The van der Waals surface area contributed by atoms with Crippen molar-refractivity contribution in [3.8, 4) is 0 Å². The molecule has 0 spiro atoms. The molecule has 0 unspecified atom stereocenters. The van der Waals surface area contributed by atoms with Crippen molar-refractivity contribution in [1.82, 2.24) is 0 Å². The molecule has 0 aromatic heterocycles. The predicted octanol–water partition coefficient (Wildman–Crippen LogP) is 3.13. The average molecular weight is 149 g/mol. The van der Waals surface area contributed by atoms with Crippen LogP contribution in [0.1, 0.15) is 0 Å². The quantitative estimate of drug-likeness (QED) is 0.582. The molecule has 1 radical (unpaired) electrons. The van der Waals surface area contributed by atoms with Gasteiger partial charge in [0.15, 0.2) is 0 Å². The van der Waals surface area contributed by atoms with Gasteiger partial charge >= 0.3 is 0 Å². The third-order valence-corrected chi connectivity index (χ3v) is 1.92. The van der Waals surface area contributed by atoms with Gasteiger partial charge in [0.2, 0.25) is 0 Å². The molecule has 1 aromatic rings. The molecule has 0 N–H and O–H groups in total. The Bertz CT molecular complexity index is 201. The molecule has 1 rings (SSSR count). The fourth-order valence-corrected chi connectivity index (χ4v) is 1.19. The van der Waals surface area contributed by atoms with Gasteiger partial charge in [0.25, 0.3) is 0 Å². The van der Waals surface area contributed by atoms with Crippen LogP contribution in [-0.4, -0.2) is 0 Å². The number of thioether (sulfide) groups is 1. The molecule has 10 heavy (non-hydrogen) atoms. The Labute approximate surface area is 66.0 Å². The van der Waals surface area contributed by atoms with Gasteiger partial charge in [0.05, 0.1) is 0 Å². The number of benzene rings is 1. The molecule has 0 heterocycles. The summed E-state index contributed by atoms with van der Waals surface area (Å²) >= 11 is 1.68. The molecule has 0 aliphatic carbocycles. The zero-order valence-electron chi connectivity index (χ0n) is 5.66. The highest BCUT2D eigenvalue weighted by molar-refractivity contribution is 8.02. The van der Waals surface area contributed by atoms with E-state index in [1.54, 1.807) is 17.8 Å². The van der Waals surface area contributed by atoms with Crippen molar-refractivity contribution in [1.29, 1.82) is 0 Å². The summed E-state index contributed by atoms with van der Waals surface area (Å²) in [5.74, 6) is 0. The summed E-state index contributed by atoms with van der Waals surface area (Å²) in [5, 5.41) is 1.97. The smallest absolute Gasteiger partial charge is 0.0116 e. The SMILES string of the molecule is [CH2]/C=C/Sc1ccccc1. The first kappa shape index (κ1) is 7.42. The first-order valence-electron chi connectivity index (χ1n) is 3.09. The van der Waals surface area contributed by atoms with Crippen molar-refractivity contribution in [3.63, 3.8) is 0 Å². The Morgan fingerprint density at radius 2 is 1.90 bits per heavy atom. The number of hydrogen-bond acceptors (Lipinski definition) is 1.